The lowest BCUT2D eigenvalue weighted by Crippen LogP contribution is -2.11. The average Bonchev–Trinajstić information content (AvgIpc) is 3.86. The van der Waals surface area contributed by atoms with Crippen molar-refractivity contribution in [3.05, 3.63) is 200 Å². The van der Waals surface area contributed by atoms with Crippen LogP contribution >= 0.6 is 11.3 Å². The van der Waals surface area contributed by atoms with E-state index < -0.39 is 0 Å². The Kier molecular flexibility index (Phi) is 7.13. The van der Waals surface area contributed by atoms with Gasteiger partial charge in [-0.2, -0.15) is 0 Å². The van der Waals surface area contributed by atoms with E-state index in [0.29, 0.717) is 0 Å². The summed E-state index contributed by atoms with van der Waals surface area (Å²) in [5.74, 6) is 0. The number of nitrogens with zero attached hydrogens (tertiary/aromatic N) is 1. The Morgan fingerprint density at radius 3 is 1.89 bits per heavy atom. The van der Waals surface area contributed by atoms with Crippen LogP contribution in [0.3, 0.4) is 0 Å². The molecule has 0 unspecified atom stereocenters. The molecule has 0 fully saturated rings. The Hall–Kier alpha value is -7.20. The van der Waals surface area contributed by atoms with Crippen LogP contribution < -0.4 is 4.90 Å². The first-order valence-corrected chi connectivity index (χ1v) is 20.2. The lowest BCUT2D eigenvalue weighted by atomic mass is 9.93. The number of furan rings is 1. The van der Waals surface area contributed by atoms with Crippen molar-refractivity contribution in [3.63, 3.8) is 0 Å². The number of hydrogen-bond acceptors (Lipinski definition) is 3. The van der Waals surface area contributed by atoms with Crippen LogP contribution in [0.15, 0.2) is 205 Å². The van der Waals surface area contributed by atoms with Crippen LogP contribution in [0.5, 0.6) is 0 Å². The van der Waals surface area contributed by atoms with E-state index in [-0.39, 0.29) is 0 Å². The van der Waals surface area contributed by atoms with Crippen molar-refractivity contribution in [2.75, 3.05) is 4.90 Å². The zero-order valence-corrected chi connectivity index (χ0v) is 31.6. The van der Waals surface area contributed by atoms with Crippen molar-refractivity contribution < 1.29 is 4.42 Å². The van der Waals surface area contributed by atoms with Crippen molar-refractivity contribution in [1.82, 2.24) is 0 Å². The zero-order chi connectivity index (χ0) is 37.5. The van der Waals surface area contributed by atoms with Gasteiger partial charge in [-0.25, -0.2) is 0 Å². The first kappa shape index (κ1) is 32.1. The number of rotatable bonds is 5. The summed E-state index contributed by atoms with van der Waals surface area (Å²) in [4.78, 5) is 2.47. The highest BCUT2D eigenvalue weighted by molar-refractivity contribution is 7.26. The van der Waals surface area contributed by atoms with Crippen LogP contribution in [0, 0.1) is 0 Å². The molecule has 0 radical (unpaired) electrons. The van der Waals surface area contributed by atoms with Crippen LogP contribution in [-0.2, 0) is 0 Å². The molecule has 0 spiro atoms. The molecule has 0 amide bonds. The van der Waals surface area contributed by atoms with Gasteiger partial charge in [0.15, 0.2) is 0 Å². The van der Waals surface area contributed by atoms with E-state index in [0.717, 1.165) is 55.5 Å². The van der Waals surface area contributed by atoms with Crippen LogP contribution in [-0.4, -0.2) is 0 Å². The highest BCUT2D eigenvalue weighted by Crippen LogP contribution is 2.49. The second-order valence-electron chi connectivity index (χ2n) is 14.8. The number of anilines is 3. The molecule has 0 aliphatic rings. The van der Waals surface area contributed by atoms with Crippen molar-refractivity contribution >= 4 is 103 Å². The average molecular weight is 744 g/mol. The minimum Gasteiger partial charge on any atom is -0.455 e. The quantitative estimate of drug-likeness (QED) is 0.163. The van der Waals surface area contributed by atoms with Gasteiger partial charge in [-0.05, 0) is 98.2 Å². The van der Waals surface area contributed by atoms with E-state index in [1.807, 2.05) is 11.3 Å². The van der Waals surface area contributed by atoms with Gasteiger partial charge in [0.1, 0.15) is 11.2 Å². The van der Waals surface area contributed by atoms with Crippen molar-refractivity contribution in [2.45, 2.75) is 0 Å². The summed E-state index contributed by atoms with van der Waals surface area (Å²) in [7, 11) is 0. The molecule has 266 valence electrons. The third-order valence-corrected chi connectivity index (χ3v) is 12.8. The molecule has 0 saturated carbocycles. The fraction of sp³-hybridized carbons (Fsp3) is 0. The van der Waals surface area contributed by atoms with E-state index in [9.17, 15) is 0 Å². The number of para-hydroxylation sites is 1. The largest absolute Gasteiger partial charge is 0.455 e. The van der Waals surface area contributed by atoms with Crippen LogP contribution in [0.4, 0.5) is 17.1 Å². The number of thiophene rings is 1. The second-order valence-corrected chi connectivity index (χ2v) is 15.9. The van der Waals surface area contributed by atoms with Crippen molar-refractivity contribution in [3.8, 4) is 22.3 Å². The smallest absolute Gasteiger partial charge is 0.143 e. The Balaban J connectivity index is 1.10. The maximum atomic E-state index is 6.69. The minimum absolute atomic E-state index is 0.887. The molecule has 2 aromatic heterocycles. The van der Waals surface area contributed by atoms with Crippen LogP contribution in [0.1, 0.15) is 0 Å². The van der Waals surface area contributed by atoms with Gasteiger partial charge < -0.3 is 9.32 Å². The van der Waals surface area contributed by atoms with E-state index >= 15 is 0 Å². The molecule has 0 saturated heterocycles. The SMILES string of the molecule is c1ccc(N(c2ccc(-c3cc4ccccc4c4ccccc34)cc2)c2cccc3sc4ccccc4c23)c(-c2cccc3oc4c5ccccc5ccc4c23)c1. The molecule has 0 aliphatic heterocycles. The Bertz CT molecular complexity index is 3540. The highest BCUT2D eigenvalue weighted by atomic mass is 32.1. The summed E-state index contributed by atoms with van der Waals surface area (Å²) < 4.78 is 9.25. The zero-order valence-electron chi connectivity index (χ0n) is 30.8. The van der Waals surface area contributed by atoms with Gasteiger partial charge in [0, 0.05) is 47.6 Å². The Morgan fingerprint density at radius 2 is 1.02 bits per heavy atom. The lowest BCUT2D eigenvalue weighted by molar-refractivity contribution is 0.673. The Labute approximate surface area is 333 Å². The highest BCUT2D eigenvalue weighted by Gasteiger charge is 2.23. The second kappa shape index (κ2) is 12.7. The molecule has 0 atom stereocenters. The molecule has 2 heterocycles. The van der Waals surface area contributed by atoms with E-state index in [4.69, 9.17) is 4.42 Å². The van der Waals surface area contributed by atoms with E-state index in [2.05, 4.69) is 205 Å². The van der Waals surface area contributed by atoms with Gasteiger partial charge in [-0.3, -0.25) is 0 Å². The normalized spacial score (nSPS) is 11.9. The van der Waals surface area contributed by atoms with Gasteiger partial charge >= 0.3 is 0 Å². The molecule has 0 aliphatic carbocycles. The van der Waals surface area contributed by atoms with Gasteiger partial charge in [0.25, 0.3) is 0 Å². The predicted octanol–water partition coefficient (Wildman–Crippen LogP) is 16.2. The molecule has 2 nitrogen and oxygen atoms in total. The summed E-state index contributed by atoms with van der Waals surface area (Å²) >= 11 is 1.85. The standard InChI is InChI=1S/C54H33NOS/c1-4-16-39-34(13-1)29-32-45-52-43(21-11-24-49(52)56-54(39)45)42-19-7-9-22-47(42)55(48-23-12-26-51-53(48)44-20-8-10-25-50(44)57-51)37-30-27-35(28-31-37)46-33-36-14-2-3-15-38(36)40-17-5-6-18-41(40)46/h1-33H. The molecule has 0 bridgehead atoms. The van der Waals surface area contributed by atoms with Crippen LogP contribution in [0.25, 0.3) is 96.7 Å². The number of hydrogen-bond donors (Lipinski definition) is 0. The van der Waals surface area contributed by atoms with Gasteiger partial charge in [-0.1, -0.05) is 146 Å². The summed E-state index contributed by atoms with van der Waals surface area (Å²) in [6, 6.07) is 72.8. The van der Waals surface area contributed by atoms with Crippen LogP contribution in [0.2, 0.25) is 0 Å². The third kappa shape index (κ3) is 4.96. The maximum absolute atomic E-state index is 6.69. The van der Waals surface area contributed by atoms with Crippen molar-refractivity contribution in [1.29, 1.82) is 0 Å². The van der Waals surface area contributed by atoms with Gasteiger partial charge in [0.2, 0.25) is 0 Å². The molecule has 3 heteroatoms. The predicted molar refractivity (Wildman–Crippen MR) is 245 cm³/mol. The Morgan fingerprint density at radius 1 is 0.368 bits per heavy atom. The molecule has 57 heavy (non-hydrogen) atoms. The van der Waals surface area contributed by atoms with Crippen molar-refractivity contribution in [2.24, 2.45) is 0 Å². The van der Waals surface area contributed by atoms with Gasteiger partial charge in [-0.15, -0.1) is 11.3 Å². The molecule has 12 aromatic rings. The minimum atomic E-state index is 0.887. The number of fused-ring (bicyclic) bond motifs is 11. The third-order valence-electron chi connectivity index (χ3n) is 11.6. The topological polar surface area (TPSA) is 16.4 Å². The monoisotopic (exact) mass is 743 g/mol. The molecule has 0 N–H and O–H groups in total. The van der Waals surface area contributed by atoms with E-state index in [1.54, 1.807) is 0 Å². The fourth-order valence-electron chi connectivity index (χ4n) is 9.11. The first-order valence-electron chi connectivity index (χ1n) is 19.4. The maximum Gasteiger partial charge on any atom is 0.143 e. The molecular formula is C54H33NOS. The molecule has 12 rings (SSSR count). The number of benzene rings is 10. The van der Waals surface area contributed by atoms with E-state index in [1.165, 1.54) is 58.2 Å². The molecular weight excluding hydrogens is 711 g/mol. The summed E-state index contributed by atoms with van der Waals surface area (Å²) in [5, 5.41) is 12.1. The lowest BCUT2D eigenvalue weighted by Gasteiger charge is -2.29. The fourth-order valence-corrected chi connectivity index (χ4v) is 10.2. The van der Waals surface area contributed by atoms with Gasteiger partial charge in [0.05, 0.1) is 11.4 Å². The first-order chi connectivity index (χ1) is 28.3. The molecule has 10 aromatic carbocycles. The summed E-state index contributed by atoms with van der Waals surface area (Å²) in [6.07, 6.45) is 0. The summed E-state index contributed by atoms with van der Waals surface area (Å²) in [6.45, 7) is 0. The summed E-state index contributed by atoms with van der Waals surface area (Å²) in [5.41, 5.74) is 9.87.